The van der Waals surface area contributed by atoms with Gasteiger partial charge in [-0.05, 0) is 12.8 Å². The summed E-state index contributed by atoms with van der Waals surface area (Å²) < 4.78 is 10.6. The summed E-state index contributed by atoms with van der Waals surface area (Å²) in [7, 11) is 0. The van der Waals surface area contributed by atoms with Crippen molar-refractivity contribution in [1.82, 2.24) is 0 Å². The Morgan fingerprint density at radius 2 is 0.963 bits per heavy atom. The molecule has 3 nitrogen and oxygen atoms in total. The van der Waals surface area contributed by atoms with E-state index in [1.54, 1.807) is 0 Å². The van der Waals surface area contributed by atoms with Gasteiger partial charge >= 0.3 is 5.97 Å². The molecule has 0 aliphatic rings. The smallest absolute Gasteiger partial charge is 0.305 e. The van der Waals surface area contributed by atoms with Gasteiger partial charge in [-0.25, -0.2) is 0 Å². The Morgan fingerprint density at radius 1 is 0.519 bits per heavy atom. The molecule has 0 amide bonds. The Kier molecular flexibility index (Phi) is 23.0. The van der Waals surface area contributed by atoms with Gasteiger partial charge in [-0.2, -0.15) is 0 Å². The molecule has 3 heteroatoms. The fourth-order valence-electron chi connectivity index (χ4n) is 3.35. The van der Waals surface area contributed by atoms with Crippen LogP contribution in [0, 0.1) is 0 Å². The lowest BCUT2D eigenvalue weighted by molar-refractivity contribution is -0.145. The molecule has 0 aromatic rings. The first-order valence-corrected chi connectivity index (χ1v) is 12.0. The van der Waals surface area contributed by atoms with Gasteiger partial charge in [0.05, 0.1) is 6.61 Å². The summed E-state index contributed by atoms with van der Waals surface area (Å²) in [6, 6.07) is 0. The zero-order valence-corrected chi connectivity index (χ0v) is 18.6. The molecule has 0 aliphatic heterocycles. The first-order valence-electron chi connectivity index (χ1n) is 12.0. The highest BCUT2D eigenvalue weighted by molar-refractivity contribution is 5.69. The summed E-state index contributed by atoms with van der Waals surface area (Å²) in [4.78, 5) is 11.2. The molecule has 0 saturated carbocycles. The molecule has 162 valence electrons. The van der Waals surface area contributed by atoms with Crippen molar-refractivity contribution in [2.45, 2.75) is 129 Å². The topological polar surface area (TPSA) is 35.5 Å². The third-order valence-electron chi connectivity index (χ3n) is 5.09. The molecule has 0 aromatic carbocycles. The van der Waals surface area contributed by atoms with Crippen molar-refractivity contribution in [1.29, 1.82) is 0 Å². The highest BCUT2D eigenvalue weighted by atomic mass is 16.6. The zero-order chi connectivity index (χ0) is 19.8. The summed E-state index contributed by atoms with van der Waals surface area (Å²) in [5.41, 5.74) is 0. The second-order valence-corrected chi connectivity index (χ2v) is 7.89. The summed E-state index contributed by atoms with van der Waals surface area (Å²) in [6.07, 6.45) is 23.6. The highest BCUT2D eigenvalue weighted by Gasteiger charge is 1.99. The molecule has 0 heterocycles. The van der Waals surface area contributed by atoms with E-state index in [-0.39, 0.29) is 5.97 Å². The van der Waals surface area contributed by atoms with Gasteiger partial charge < -0.3 is 9.47 Å². The van der Waals surface area contributed by atoms with Crippen LogP contribution in [0.1, 0.15) is 129 Å². The van der Waals surface area contributed by atoms with Crippen LogP contribution in [-0.4, -0.2) is 25.8 Å². The average Bonchev–Trinajstić information content (AvgIpc) is 2.66. The number of hydrogen-bond donors (Lipinski definition) is 0. The van der Waals surface area contributed by atoms with Gasteiger partial charge in [0.2, 0.25) is 0 Å². The Balaban J connectivity index is 3.02. The first kappa shape index (κ1) is 26.4. The molecule has 0 radical (unpaired) electrons. The largest absolute Gasteiger partial charge is 0.463 e. The van der Waals surface area contributed by atoms with Gasteiger partial charge in [-0.15, -0.1) is 0 Å². The molecule has 0 unspecified atom stereocenters. The molecular weight excluding hydrogens is 336 g/mol. The third-order valence-corrected chi connectivity index (χ3v) is 5.09. The minimum atomic E-state index is -0.108. The van der Waals surface area contributed by atoms with Gasteiger partial charge in [0.25, 0.3) is 0 Å². The summed E-state index contributed by atoms with van der Waals surface area (Å²) in [5.74, 6) is -0.108. The standard InChI is InChI=1S/C24H48O3/c1-3-5-6-7-8-9-10-11-12-13-14-15-16-17-18-19-21-26-22-23-27-24(25)20-4-2/h3-23H2,1-2H3. The second-order valence-electron chi connectivity index (χ2n) is 7.89. The predicted octanol–water partition coefficient (Wildman–Crippen LogP) is 7.61. The lowest BCUT2D eigenvalue weighted by Gasteiger charge is -2.06. The summed E-state index contributed by atoms with van der Waals surface area (Å²) in [5, 5.41) is 0. The van der Waals surface area contributed by atoms with E-state index in [9.17, 15) is 4.79 Å². The van der Waals surface area contributed by atoms with Crippen molar-refractivity contribution in [3.8, 4) is 0 Å². The van der Waals surface area contributed by atoms with E-state index in [0.29, 0.717) is 19.6 Å². The lowest BCUT2D eigenvalue weighted by atomic mass is 10.0. The number of hydrogen-bond acceptors (Lipinski definition) is 3. The number of esters is 1. The van der Waals surface area contributed by atoms with Crippen molar-refractivity contribution in [2.75, 3.05) is 19.8 Å². The Morgan fingerprint density at radius 3 is 1.41 bits per heavy atom. The number of unbranched alkanes of at least 4 members (excludes halogenated alkanes) is 15. The van der Waals surface area contributed by atoms with Crippen molar-refractivity contribution < 1.29 is 14.3 Å². The fourth-order valence-corrected chi connectivity index (χ4v) is 3.35. The van der Waals surface area contributed by atoms with Crippen LogP contribution in [0.5, 0.6) is 0 Å². The van der Waals surface area contributed by atoms with E-state index in [1.807, 2.05) is 6.92 Å². The molecule has 0 spiro atoms. The van der Waals surface area contributed by atoms with Crippen molar-refractivity contribution in [3.05, 3.63) is 0 Å². The van der Waals surface area contributed by atoms with Crippen LogP contribution in [0.2, 0.25) is 0 Å². The minimum absolute atomic E-state index is 0.108. The fraction of sp³-hybridized carbons (Fsp3) is 0.958. The van der Waals surface area contributed by atoms with Crippen LogP contribution < -0.4 is 0 Å². The second kappa shape index (κ2) is 23.5. The van der Waals surface area contributed by atoms with Crippen LogP contribution >= 0.6 is 0 Å². The first-order chi connectivity index (χ1) is 13.3. The zero-order valence-electron chi connectivity index (χ0n) is 18.6. The Labute approximate surface area is 170 Å². The van der Waals surface area contributed by atoms with Gasteiger partial charge in [-0.3, -0.25) is 4.79 Å². The molecule has 0 aromatic heterocycles. The van der Waals surface area contributed by atoms with E-state index in [2.05, 4.69) is 6.92 Å². The van der Waals surface area contributed by atoms with Crippen LogP contribution in [0.3, 0.4) is 0 Å². The molecule has 27 heavy (non-hydrogen) atoms. The van der Waals surface area contributed by atoms with Crippen LogP contribution in [0.15, 0.2) is 0 Å². The maximum absolute atomic E-state index is 11.2. The number of carbonyl (C=O) groups excluding carboxylic acids is 1. The number of ether oxygens (including phenoxy) is 2. The van der Waals surface area contributed by atoms with E-state index < -0.39 is 0 Å². The quantitative estimate of drug-likeness (QED) is 0.142. The van der Waals surface area contributed by atoms with Crippen LogP contribution in [0.25, 0.3) is 0 Å². The SMILES string of the molecule is CCCCCCCCCCCCCCCCCCOCCOC(=O)CCC. The van der Waals surface area contributed by atoms with Gasteiger partial charge in [0, 0.05) is 13.0 Å². The Bertz CT molecular complexity index is 291. The van der Waals surface area contributed by atoms with Crippen molar-refractivity contribution in [3.63, 3.8) is 0 Å². The van der Waals surface area contributed by atoms with Crippen molar-refractivity contribution >= 4 is 5.97 Å². The van der Waals surface area contributed by atoms with Gasteiger partial charge in [-0.1, -0.05) is 110 Å². The maximum Gasteiger partial charge on any atom is 0.305 e. The van der Waals surface area contributed by atoms with Crippen molar-refractivity contribution in [2.24, 2.45) is 0 Å². The normalized spacial score (nSPS) is 11.0. The molecule has 0 aliphatic carbocycles. The van der Waals surface area contributed by atoms with Gasteiger partial charge in [0.1, 0.15) is 6.61 Å². The third kappa shape index (κ3) is 23.4. The highest BCUT2D eigenvalue weighted by Crippen LogP contribution is 2.13. The molecule has 0 rings (SSSR count). The summed E-state index contributed by atoms with van der Waals surface area (Å²) in [6.45, 7) is 6.00. The lowest BCUT2D eigenvalue weighted by Crippen LogP contribution is -2.10. The van der Waals surface area contributed by atoms with E-state index in [0.717, 1.165) is 19.4 Å². The Hall–Kier alpha value is -0.570. The molecule has 0 N–H and O–H groups in total. The monoisotopic (exact) mass is 384 g/mol. The summed E-state index contributed by atoms with van der Waals surface area (Å²) >= 11 is 0. The average molecular weight is 385 g/mol. The molecule has 0 fully saturated rings. The molecular formula is C24H48O3. The predicted molar refractivity (Wildman–Crippen MR) is 116 cm³/mol. The van der Waals surface area contributed by atoms with Crippen LogP contribution in [-0.2, 0) is 14.3 Å². The number of rotatable bonds is 22. The number of carbonyl (C=O) groups is 1. The molecule has 0 saturated heterocycles. The van der Waals surface area contributed by atoms with E-state index in [1.165, 1.54) is 96.3 Å². The maximum atomic E-state index is 11.2. The van der Waals surface area contributed by atoms with Gasteiger partial charge in [0.15, 0.2) is 0 Å². The van der Waals surface area contributed by atoms with E-state index >= 15 is 0 Å². The van der Waals surface area contributed by atoms with Crippen LogP contribution in [0.4, 0.5) is 0 Å². The minimum Gasteiger partial charge on any atom is -0.463 e. The van der Waals surface area contributed by atoms with E-state index in [4.69, 9.17) is 9.47 Å². The molecule has 0 bridgehead atoms. The molecule has 0 atom stereocenters.